The molecule has 2 rings (SSSR count). The van der Waals surface area contributed by atoms with Crippen molar-refractivity contribution in [3.05, 3.63) is 29.8 Å². The molecule has 6 heteroatoms. The topological polar surface area (TPSA) is 86.7 Å². The van der Waals surface area contributed by atoms with Gasteiger partial charge in [0.05, 0.1) is 6.42 Å². The molecule has 2 N–H and O–H groups in total. The van der Waals surface area contributed by atoms with E-state index in [-0.39, 0.29) is 18.7 Å². The minimum atomic E-state index is -0.899. The zero-order valence-corrected chi connectivity index (χ0v) is 9.55. The lowest BCUT2D eigenvalue weighted by molar-refractivity contribution is -0.136. The van der Waals surface area contributed by atoms with E-state index in [1.165, 1.54) is 4.90 Å². The summed E-state index contributed by atoms with van der Waals surface area (Å²) in [7, 11) is 0. The van der Waals surface area contributed by atoms with Crippen molar-refractivity contribution in [2.75, 3.05) is 11.4 Å². The average molecular weight is 248 g/mol. The van der Waals surface area contributed by atoms with Crippen molar-refractivity contribution in [1.82, 2.24) is 5.32 Å². The van der Waals surface area contributed by atoms with Crippen molar-refractivity contribution >= 4 is 23.6 Å². The number of hydrogen-bond donors (Lipinski definition) is 2. The molecule has 1 aliphatic heterocycles. The SMILES string of the molecule is O=C(O)Cc1ccc(N2CCC(=O)NC2=O)cc1. The van der Waals surface area contributed by atoms with Gasteiger partial charge in [0.25, 0.3) is 0 Å². The Morgan fingerprint density at radius 3 is 2.50 bits per heavy atom. The number of imide groups is 1. The standard InChI is InChI=1S/C12H12N2O4/c15-10-5-6-14(12(18)13-10)9-3-1-8(2-4-9)7-11(16)17/h1-4H,5-7H2,(H,16,17)(H,13,15,18). The fraction of sp³-hybridized carbons (Fsp3) is 0.250. The van der Waals surface area contributed by atoms with E-state index in [0.29, 0.717) is 17.8 Å². The molecule has 0 aromatic heterocycles. The van der Waals surface area contributed by atoms with Crippen LogP contribution in [0.4, 0.5) is 10.5 Å². The van der Waals surface area contributed by atoms with Crippen molar-refractivity contribution in [2.45, 2.75) is 12.8 Å². The third-order valence-corrected chi connectivity index (χ3v) is 2.66. The van der Waals surface area contributed by atoms with Gasteiger partial charge in [-0.2, -0.15) is 0 Å². The Bertz CT molecular complexity index is 495. The van der Waals surface area contributed by atoms with Gasteiger partial charge in [0.1, 0.15) is 0 Å². The number of nitrogens with zero attached hydrogens (tertiary/aromatic N) is 1. The van der Waals surface area contributed by atoms with Gasteiger partial charge in [0, 0.05) is 18.7 Å². The molecule has 1 heterocycles. The highest BCUT2D eigenvalue weighted by Crippen LogP contribution is 2.18. The maximum Gasteiger partial charge on any atom is 0.328 e. The number of nitrogens with one attached hydrogen (secondary N) is 1. The molecule has 1 saturated heterocycles. The number of urea groups is 1. The summed E-state index contributed by atoms with van der Waals surface area (Å²) in [5, 5.41) is 10.9. The maximum absolute atomic E-state index is 11.6. The van der Waals surface area contributed by atoms with Crippen LogP contribution in [0.25, 0.3) is 0 Å². The molecule has 1 aromatic carbocycles. The van der Waals surface area contributed by atoms with E-state index in [0.717, 1.165) is 0 Å². The first-order valence-electron chi connectivity index (χ1n) is 5.48. The summed E-state index contributed by atoms with van der Waals surface area (Å²) < 4.78 is 0. The van der Waals surface area contributed by atoms with Crippen LogP contribution in [0.5, 0.6) is 0 Å². The van der Waals surface area contributed by atoms with Crippen LogP contribution in [0.1, 0.15) is 12.0 Å². The summed E-state index contributed by atoms with van der Waals surface area (Å²) in [5.74, 6) is -1.18. The minimum Gasteiger partial charge on any atom is -0.481 e. The lowest BCUT2D eigenvalue weighted by Gasteiger charge is -2.26. The first-order valence-corrected chi connectivity index (χ1v) is 5.48. The van der Waals surface area contributed by atoms with Crippen LogP contribution in [0, 0.1) is 0 Å². The number of carboxylic acids is 1. The molecule has 1 aliphatic rings. The first kappa shape index (κ1) is 12.1. The van der Waals surface area contributed by atoms with Crippen molar-refractivity contribution in [1.29, 1.82) is 0 Å². The van der Waals surface area contributed by atoms with Crippen LogP contribution >= 0.6 is 0 Å². The fourth-order valence-corrected chi connectivity index (χ4v) is 1.78. The molecule has 1 fully saturated rings. The molecule has 0 unspecified atom stereocenters. The van der Waals surface area contributed by atoms with Crippen LogP contribution in [0.2, 0.25) is 0 Å². The lowest BCUT2D eigenvalue weighted by Crippen LogP contribution is -2.49. The van der Waals surface area contributed by atoms with Gasteiger partial charge < -0.3 is 5.11 Å². The smallest absolute Gasteiger partial charge is 0.328 e. The number of amides is 3. The highest BCUT2D eigenvalue weighted by atomic mass is 16.4. The number of rotatable bonds is 3. The fourth-order valence-electron chi connectivity index (χ4n) is 1.78. The molecule has 1 aromatic rings. The molecule has 3 amide bonds. The summed E-state index contributed by atoms with van der Waals surface area (Å²) in [4.78, 5) is 34.6. The van der Waals surface area contributed by atoms with Crippen molar-refractivity contribution in [2.24, 2.45) is 0 Å². The molecule has 0 saturated carbocycles. The Labute approximate surface area is 103 Å². The van der Waals surface area contributed by atoms with Gasteiger partial charge in [-0.1, -0.05) is 12.1 Å². The van der Waals surface area contributed by atoms with Crippen molar-refractivity contribution in [3.8, 4) is 0 Å². The van der Waals surface area contributed by atoms with Gasteiger partial charge in [-0.3, -0.25) is 19.8 Å². The van der Waals surface area contributed by atoms with Crippen LogP contribution in [0.15, 0.2) is 24.3 Å². The Balaban J connectivity index is 2.12. The number of aliphatic carboxylic acids is 1. The number of carbonyl (C=O) groups is 3. The highest BCUT2D eigenvalue weighted by Gasteiger charge is 2.23. The first-order chi connectivity index (χ1) is 8.56. The van der Waals surface area contributed by atoms with Gasteiger partial charge in [-0.05, 0) is 17.7 Å². The van der Waals surface area contributed by atoms with E-state index < -0.39 is 12.0 Å². The highest BCUT2D eigenvalue weighted by molar-refractivity contribution is 6.05. The third kappa shape index (κ3) is 2.65. The third-order valence-electron chi connectivity index (χ3n) is 2.66. The Morgan fingerprint density at radius 2 is 1.94 bits per heavy atom. The van der Waals surface area contributed by atoms with Gasteiger partial charge in [-0.15, -0.1) is 0 Å². The summed E-state index contributed by atoms with van der Waals surface area (Å²) in [6.45, 7) is 0.336. The zero-order valence-electron chi connectivity index (χ0n) is 9.55. The van der Waals surface area contributed by atoms with Crippen LogP contribution in [0.3, 0.4) is 0 Å². The molecule has 0 spiro atoms. The van der Waals surface area contributed by atoms with E-state index in [9.17, 15) is 14.4 Å². The number of carbonyl (C=O) groups excluding carboxylic acids is 2. The van der Waals surface area contributed by atoms with E-state index in [4.69, 9.17) is 5.11 Å². The summed E-state index contributed by atoms with van der Waals surface area (Å²) in [5.41, 5.74) is 1.31. The number of benzene rings is 1. The van der Waals surface area contributed by atoms with Crippen molar-refractivity contribution in [3.63, 3.8) is 0 Å². The number of anilines is 1. The minimum absolute atomic E-state index is 0.0506. The number of hydrogen-bond acceptors (Lipinski definition) is 3. The Kier molecular flexibility index (Phi) is 3.27. The van der Waals surface area contributed by atoms with Gasteiger partial charge in [0.2, 0.25) is 5.91 Å². The predicted molar refractivity (Wildman–Crippen MR) is 63.3 cm³/mol. The van der Waals surface area contributed by atoms with Crippen LogP contribution in [-0.2, 0) is 16.0 Å². The molecule has 94 valence electrons. The second-order valence-electron chi connectivity index (χ2n) is 3.99. The lowest BCUT2D eigenvalue weighted by atomic mass is 10.1. The molecule has 6 nitrogen and oxygen atoms in total. The Morgan fingerprint density at radius 1 is 1.28 bits per heavy atom. The van der Waals surface area contributed by atoms with E-state index >= 15 is 0 Å². The largest absolute Gasteiger partial charge is 0.481 e. The molecule has 0 bridgehead atoms. The maximum atomic E-state index is 11.6. The van der Waals surface area contributed by atoms with Gasteiger partial charge in [-0.25, -0.2) is 4.79 Å². The molecule has 18 heavy (non-hydrogen) atoms. The summed E-state index contributed by atoms with van der Waals surface area (Å²) >= 11 is 0. The van der Waals surface area contributed by atoms with E-state index in [1.54, 1.807) is 24.3 Å². The summed E-state index contributed by atoms with van der Waals surface area (Å²) in [6, 6.07) is 6.22. The van der Waals surface area contributed by atoms with Crippen molar-refractivity contribution < 1.29 is 19.5 Å². The normalized spacial score (nSPS) is 15.4. The molecule has 0 atom stereocenters. The summed E-state index contributed by atoms with van der Waals surface area (Å²) in [6.07, 6.45) is 0.216. The number of carboxylic acid groups (broad SMARTS) is 1. The van der Waals surface area contributed by atoms with E-state index in [1.807, 2.05) is 0 Å². The second-order valence-corrected chi connectivity index (χ2v) is 3.99. The second kappa shape index (κ2) is 4.87. The Hall–Kier alpha value is -2.37. The predicted octanol–water partition coefficient (Wildman–Crippen LogP) is 0.760. The molecular weight excluding hydrogens is 236 g/mol. The zero-order chi connectivity index (χ0) is 13.1. The van der Waals surface area contributed by atoms with Gasteiger partial charge in [0.15, 0.2) is 0 Å². The monoisotopic (exact) mass is 248 g/mol. The van der Waals surface area contributed by atoms with Crippen LogP contribution < -0.4 is 10.2 Å². The average Bonchev–Trinajstić information content (AvgIpc) is 2.30. The quantitative estimate of drug-likeness (QED) is 0.826. The van der Waals surface area contributed by atoms with Gasteiger partial charge >= 0.3 is 12.0 Å². The molecular formula is C12H12N2O4. The van der Waals surface area contributed by atoms with E-state index in [2.05, 4.69) is 5.32 Å². The molecule has 0 radical (unpaired) electrons. The molecule has 0 aliphatic carbocycles. The van der Waals surface area contributed by atoms with Crippen LogP contribution in [-0.4, -0.2) is 29.6 Å².